The normalized spacial score (nSPS) is 13.8. The molecule has 0 saturated carbocycles. The van der Waals surface area contributed by atoms with Crippen LogP contribution in [0.3, 0.4) is 0 Å². The van der Waals surface area contributed by atoms with Gasteiger partial charge in [-0.2, -0.15) is 4.98 Å². The van der Waals surface area contributed by atoms with E-state index in [1.165, 1.54) is 0 Å². The first-order valence-corrected chi connectivity index (χ1v) is 11.3. The first kappa shape index (κ1) is 20.4. The molecular formula is C22H22N6O3S. The van der Waals surface area contributed by atoms with E-state index in [9.17, 15) is 4.21 Å². The maximum absolute atomic E-state index is 12.1. The third-order valence-corrected chi connectivity index (χ3v) is 6.07. The predicted molar refractivity (Wildman–Crippen MR) is 123 cm³/mol. The van der Waals surface area contributed by atoms with Crippen molar-refractivity contribution in [2.75, 3.05) is 31.6 Å². The smallest absolute Gasteiger partial charge is 0.247 e. The van der Waals surface area contributed by atoms with E-state index in [1.54, 1.807) is 16.6 Å². The number of nitrogens with one attached hydrogen (secondary N) is 2. The summed E-state index contributed by atoms with van der Waals surface area (Å²) in [6.07, 6.45) is 0. The van der Waals surface area contributed by atoms with Gasteiger partial charge in [0.1, 0.15) is 24.2 Å². The van der Waals surface area contributed by atoms with E-state index in [-0.39, 0.29) is 0 Å². The minimum Gasteiger partial charge on any atom is -0.486 e. The minimum atomic E-state index is -1.29. The number of aromatic nitrogens is 3. The third kappa shape index (κ3) is 4.15. The van der Waals surface area contributed by atoms with Crippen molar-refractivity contribution >= 4 is 28.3 Å². The van der Waals surface area contributed by atoms with Gasteiger partial charge in [-0.1, -0.05) is 6.07 Å². The van der Waals surface area contributed by atoms with E-state index in [0.29, 0.717) is 42.8 Å². The molecule has 1 aliphatic rings. The summed E-state index contributed by atoms with van der Waals surface area (Å²) < 4.78 is 28.1. The summed E-state index contributed by atoms with van der Waals surface area (Å²) in [4.78, 5) is 5.25. The number of ether oxygens (including phenoxy) is 2. The van der Waals surface area contributed by atoms with Crippen LogP contribution >= 0.6 is 0 Å². The zero-order valence-corrected chi connectivity index (χ0v) is 18.0. The Kier molecular flexibility index (Phi) is 5.71. The average molecular weight is 451 g/mol. The van der Waals surface area contributed by atoms with Crippen LogP contribution in [0.1, 0.15) is 0 Å². The van der Waals surface area contributed by atoms with E-state index in [4.69, 9.17) is 15.2 Å². The van der Waals surface area contributed by atoms with E-state index >= 15 is 0 Å². The summed E-state index contributed by atoms with van der Waals surface area (Å²) in [7, 11) is -1.29. The molecule has 3 heterocycles. The highest BCUT2D eigenvalue weighted by molar-refractivity contribution is 7.83. The Hall–Kier alpha value is -3.47. The fourth-order valence-electron chi connectivity index (χ4n) is 3.41. The number of anilines is 2. The fraction of sp³-hybridized carbons (Fsp3) is 0.182. The van der Waals surface area contributed by atoms with E-state index in [0.717, 1.165) is 28.4 Å². The predicted octanol–water partition coefficient (Wildman–Crippen LogP) is 2.48. The summed E-state index contributed by atoms with van der Waals surface area (Å²) >= 11 is 0. The van der Waals surface area contributed by atoms with Crippen LogP contribution in [0.2, 0.25) is 0 Å². The highest BCUT2D eigenvalue weighted by Gasteiger charge is 2.15. The van der Waals surface area contributed by atoms with Crippen molar-refractivity contribution in [2.24, 2.45) is 5.73 Å². The van der Waals surface area contributed by atoms with Crippen molar-refractivity contribution < 1.29 is 13.7 Å². The van der Waals surface area contributed by atoms with Gasteiger partial charge in [0.25, 0.3) is 0 Å². The Balaban J connectivity index is 1.39. The fourth-order valence-corrected chi connectivity index (χ4v) is 4.26. The van der Waals surface area contributed by atoms with Crippen molar-refractivity contribution in [2.45, 2.75) is 4.90 Å². The summed E-state index contributed by atoms with van der Waals surface area (Å²) in [6.45, 7) is 2.01. The van der Waals surface area contributed by atoms with Crippen molar-refractivity contribution in [3.05, 3.63) is 60.7 Å². The Morgan fingerprint density at radius 2 is 1.84 bits per heavy atom. The molecule has 9 nitrogen and oxygen atoms in total. The molecule has 0 aliphatic carbocycles. The molecule has 2 aromatic heterocycles. The molecule has 4 aromatic rings. The number of pyridine rings is 1. The second-order valence-corrected chi connectivity index (χ2v) is 8.37. The summed E-state index contributed by atoms with van der Waals surface area (Å²) in [5.41, 5.74) is 8.78. The van der Waals surface area contributed by atoms with Crippen LogP contribution in [0.4, 0.5) is 11.6 Å². The number of fused-ring (bicyclic) bond motifs is 2. The van der Waals surface area contributed by atoms with Crippen molar-refractivity contribution in [1.82, 2.24) is 19.3 Å². The molecule has 0 radical (unpaired) electrons. The SMILES string of the molecule is NCCNS(=O)c1ccc(Nc2nc3cccc(-c4ccc5c(c4)OCCO5)n3n2)cc1. The second kappa shape index (κ2) is 8.95. The van der Waals surface area contributed by atoms with Gasteiger partial charge in [0.05, 0.1) is 10.6 Å². The van der Waals surface area contributed by atoms with E-state index in [2.05, 4.69) is 20.1 Å². The topological polar surface area (TPSA) is 116 Å². The molecule has 0 bridgehead atoms. The Bertz CT molecular complexity index is 1270. The molecule has 2 aromatic carbocycles. The molecule has 5 rings (SSSR count). The number of nitrogens with two attached hydrogens (primary N) is 1. The van der Waals surface area contributed by atoms with E-state index in [1.807, 2.05) is 48.5 Å². The van der Waals surface area contributed by atoms with E-state index < -0.39 is 11.0 Å². The van der Waals surface area contributed by atoms with Gasteiger partial charge in [0.2, 0.25) is 5.95 Å². The molecule has 0 saturated heterocycles. The Morgan fingerprint density at radius 3 is 2.66 bits per heavy atom. The first-order chi connectivity index (χ1) is 15.7. The Labute approximate surface area is 187 Å². The van der Waals surface area contributed by atoms with Gasteiger partial charge in [-0.15, -0.1) is 5.10 Å². The molecule has 4 N–H and O–H groups in total. The minimum absolute atomic E-state index is 0.430. The molecular weight excluding hydrogens is 428 g/mol. The van der Waals surface area contributed by atoms with Gasteiger partial charge in [-0.05, 0) is 54.6 Å². The van der Waals surface area contributed by atoms with Crippen LogP contribution in [0.25, 0.3) is 16.9 Å². The van der Waals surface area contributed by atoms with Gasteiger partial charge in [-0.3, -0.25) is 0 Å². The number of benzene rings is 2. The lowest BCUT2D eigenvalue weighted by Gasteiger charge is -2.19. The average Bonchev–Trinajstić information content (AvgIpc) is 3.25. The van der Waals surface area contributed by atoms with Crippen LogP contribution in [0, 0.1) is 0 Å². The van der Waals surface area contributed by atoms with Crippen LogP contribution in [0.15, 0.2) is 65.6 Å². The molecule has 1 unspecified atom stereocenters. The van der Waals surface area contributed by atoms with Crippen LogP contribution in [-0.4, -0.2) is 45.1 Å². The molecule has 10 heteroatoms. The zero-order chi connectivity index (χ0) is 21.9. The monoisotopic (exact) mass is 450 g/mol. The summed E-state index contributed by atoms with van der Waals surface area (Å²) in [5, 5.41) is 7.83. The molecule has 32 heavy (non-hydrogen) atoms. The molecule has 164 valence electrons. The molecule has 0 amide bonds. The molecule has 1 aliphatic heterocycles. The van der Waals surface area contributed by atoms with Crippen LogP contribution in [-0.2, 0) is 11.0 Å². The lowest BCUT2D eigenvalue weighted by molar-refractivity contribution is 0.171. The zero-order valence-electron chi connectivity index (χ0n) is 17.2. The number of nitrogens with zero attached hydrogens (tertiary/aromatic N) is 3. The van der Waals surface area contributed by atoms with Crippen LogP contribution < -0.4 is 25.2 Å². The summed E-state index contributed by atoms with van der Waals surface area (Å²) in [6, 6.07) is 18.9. The largest absolute Gasteiger partial charge is 0.486 e. The van der Waals surface area contributed by atoms with Crippen LogP contribution in [0.5, 0.6) is 11.5 Å². The first-order valence-electron chi connectivity index (χ1n) is 10.2. The van der Waals surface area contributed by atoms with Gasteiger partial charge >= 0.3 is 0 Å². The number of rotatable bonds is 7. The second-order valence-electron chi connectivity index (χ2n) is 7.08. The maximum Gasteiger partial charge on any atom is 0.247 e. The molecule has 0 fully saturated rings. The van der Waals surface area contributed by atoms with Gasteiger partial charge < -0.3 is 20.5 Å². The van der Waals surface area contributed by atoms with Crippen molar-refractivity contribution in [1.29, 1.82) is 0 Å². The van der Waals surface area contributed by atoms with Gasteiger partial charge in [0, 0.05) is 24.3 Å². The quantitative estimate of drug-likeness (QED) is 0.396. The molecule has 0 spiro atoms. The number of hydrogen-bond acceptors (Lipinski definition) is 7. The third-order valence-electron chi connectivity index (χ3n) is 4.90. The maximum atomic E-state index is 12.1. The van der Waals surface area contributed by atoms with Gasteiger partial charge in [-0.25, -0.2) is 13.4 Å². The van der Waals surface area contributed by atoms with Gasteiger partial charge in [0.15, 0.2) is 17.1 Å². The van der Waals surface area contributed by atoms with Crippen molar-refractivity contribution in [3.8, 4) is 22.8 Å². The Morgan fingerprint density at radius 1 is 1.03 bits per heavy atom. The highest BCUT2D eigenvalue weighted by atomic mass is 32.2. The van der Waals surface area contributed by atoms with Crippen molar-refractivity contribution in [3.63, 3.8) is 0 Å². The highest BCUT2D eigenvalue weighted by Crippen LogP contribution is 2.34. The number of hydrogen-bond donors (Lipinski definition) is 3. The lowest BCUT2D eigenvalue weighted by atomic mass is 10.1. The summed E-state index contributed by atoms with van der Waals surface area (Å²) in [5.74, 6) is 1.93. The molecule has 1 atom stereocenters. The standard InChI is InChI=1S/C22H22N6O3S/c23-10-11-24-32(29)17-7-5-16(6-8-17)25-22-26-21-3-1-2-18(28(21)27-22)15-4-9-19-20(14-15)31-13-12-30-19/h1-9,14,24H,10-13,23H2,(H,25,27). The lowest BCUT2D eigenvalue weighted by Crippen LogP contribution is -2.24.